The van der Waals surface area contributed by atoms with E-state index in [4.69, 9.17) is 4.74 Å². The van der Waals surface area contributed by atoms with E-state index in [2.05, 4.69) is 5.32 Å². The van der Waals surface area contributed by atoms with Crippen LogP contribution in [0, 0.1) is 0 Å². The monoisotopic (exact) mass is 318 g/mol. The van der Waals surface area contributed by atoms with Gasteiger partial charge in [-0.15, -0.1) is 0 Å². The molecule has 5 nitrogen and oxygen atoms in total. The summed E-state index contributed by atoms with van der Waals surface area (Å²) in [5.41, 5.74) is -0.702. The number of nitrogens with one attached hydrogen (secondary N) is 1. The topological polar surface area (TPSA) is 61.8 Å². The lowest BCUT2D eigenvalue weighted by molar-refractivity contribution is -0.100. The highest BCUT2D eigenvalue weighted by Gasteiger charge is 2.46. The van der Waals surface area contributed by atoms with Crippen molar-refractivity contribution in [2.75, 3.05) is 19.6 Å². The zero-order chi connectivity index (χ0) is 16.5. The fraction of sp³-hybridized carbons (Fsp3) is 0.611. The number of hydrogen-bond donors (Lipinski definition) is 2. The first kappa shape index (κ1) is 16.3. The summed E-state index contributed by atoms with van der Waals surface area (Å²) < 4.78 is 5.96. The molecule has 2 fully saturated rings. The summed E-state index contributed by atoms with van der Waals surface area (Å²) in [5.74, 6) is 0. The minimum Gasteiger partial charge on any atom is -0.438 e. The molecule has 2 heterocycles. The zero-order valence-electron chi connectivity index (χ0n) is 13.9. The van der Waals surface area contributed by atoms with Gasteiger partial charge in [0.05, 0.1) is 5.60 Å². The van der Waals surface area contributed by atoms with Gasteiger partial charge in [0.2, 0.25) is 0 Å². The Labute approximate surface area is 137 Å². The van der Waals surface area contributed by atoms with Crippen LogP contribution in [0.1, 0.15) is 38.7 Å². The van der Waals surface area contributed by atoms with Crippen LogP contribution in [0.5, 0.6) is 0 Å². The number of aliphatic hydroxyl groups is 1. The minimum absolute atomic E-state index is 0.221. The molecule has 1 amide bonds. The number of hydrogen-bond acceptors (Lipinski definition) is 4. The number of cyclic esters (lactones) is 1. The van der Waals surface area contributed by atoms with Gasteiger partial charge in [0.15, 0.2) is 0 Å². The van der Waals surface area contributed by atoms with Crippen molar-refractivity contribution in [1.29, 1.82) is 0 Å². The highest BCUT2D eigenvalue weighted by molar-refractivity contribution is 5.70. The van der Waals surface area contributed by atoms with Gasteiger partial charge in [-0.1, -0.05) is 30.3 Å². The molecular weight excluding hydrogens is 292 g/mol. The highest BCUT2D eigenvalue weighted by atomic mass is 16.6. The molecule has 3 rings (SSSR count). The molecule has 1 aromatic carbocycles. The molecule has 0 aliphatic carbocycles. The molecule has 2 N–H and O–H groups in total. The lowest BCUT2D eigenvalue weighted by Gasteiger charge is -2.45. The number of amides is 1. The predicted molar refractivity (Wildman–Crippen MR) is 88.1 cm³/mol. The Bertz CT molecular complexity index is 549. The van der Waals surface area contributed by atoms with Gasteiger partial charge in [0, 0.05) is 32.0 Å². The van der Waals surface area contributed by atoms with Crippen LogP contribution in [0.15, 0.2) is 30.3 Å². The Kier molecular flexibility index (Phi) is 4.34. The fourth-order valence-electron chi connectivity index (χ4n) is 3.78. The number of carbonyl (C=O) groups is 1. The Morgan fingerprint density at radius 1 is 1.39 bits per heavy atom. The second-order valence-electron chi connectivity index (χ2n) is 7.31. The van der Waals surface area contributed by atoms with Crippen molar-refractivity contribution in [2.45, 2.75) is 50.4 Å². The second-order valence-corrected chi connectivity index (χ2v) is 7.31. The van der Waals surface area contributed by atoms with E-state index in [0.29, 0.717) is 19.4 Å². The number of rotatable bonds is 4. The molecule has 2 saturated heterocycles. The Morgan fingerprint density at radius 3 is 2.70 bits per heavy atom. The molecule has 2 atom stereocenters. The van der Waals surface area contributed by atoms with E-state index in [1.165, 1.54) is 0 Å². The van der Waals surface area contributed by atoms with Crippen molar-refractivity contribution in [3.05, 3.63) is 35.9 Å². The highest BCUT2D eigenvalue weighted by Crippen LogP contribution is 2.41. The van der Waals surface area contributed by atoms with Crippen molar-refractivity contribution in [2.24, 2.45) is 0 Å². The van der Waals surface area contributed by atoms with Crippen molar-refractivity contribution in [3.8, 4) is 0 Å². The van der Waals surface area contributed by atoms with E-state index >= 15 is 0 Å². The van der Waals surface area contributed by atoms with E-state index in [9.17, 15) is 9.90 Å². The van der Waals surface area contributed by atoms with E-state index < -0.39 is 11.2 Å². The number of benzene rings is 1. The van der Waals surface area contributed by atoms with Crippen molar-refractivity contribution in [1.82, 2.24) is 10.2 Å². The van der Waals surface area contributed by atoms with Crippen LogP contribution in [0.4, 0.5) is 4.79 Å². The van der Waals surface area contributed by atoms with Crippen LogP contribution < -0.4 is 5.32 Å². The normalized spacial score (nSPS) is 28.7. The van der Waals surface area contributed by atoms with Crippen LogP contribution in [0.2, 0.25) is 0 Å². The minimum atomic E-state index is -0.910. The van der Waals surface area contributed by atoms with Crippen molar-refractivity contribution < 1.29 is 14.6 Å². The first-order chi connectivity index (χ1) is 10.9. The average Bonchev–Trinajstić information content (AvgIpc) is 3.00. The standard InChI is InChI=1S/C18H26N2O3/c1-17(2,22)13-18(14-6-4-3-5-7-14)9-11-20(16(21)23-18)15-8-10-19-12-15/h3-7,15,19,22H,8-13H2,1-2H3. The third kappa shape index (κ3) is 3.51. The molecule has 2 aliphatic rings. The van der Waals surface area contributed by atoms with Crippen molar-refractivity contribution >= 4 is 6.09 Å². The largest absolute Gasteiger partial charge is 0.438 e. The molecule has 0 aromatic heterocycles. The molecule has 126 valence electrons. The summed E-state index contributed by atoms with van der Waals surface area (Å²) >= 11 is 0. The Hall–Kier alpha value is -1.59. The number of ether oxygens (including phenoxy) is 1. The number of nitrogens with zero attached hydrogens (tertiary/aromatic N) is 1. The average molecular weight is 318 g/mol. The second kappa shape index (κ2) is 6.13. The fourth-order valence-corrected chi connectivity index (χ4v) is 3.78. The van der Waals surface area contributed by atoms with E-state index in [1.807, 2.05) is 35.2 Å². The lowest BCUT2D eigenvalue weighted by atomic mass is 9.80. The van der Waals surface area contributed by atoms with Crippen LogP contribution in [-0.2, 0) is 10.3 Å². The maximum Gasteiger partial charge on any atom is 0.410 e. The molecule has 5 heteroatoms. The SMILES string of the molecule is CC(C)(O)CC1(c2ccccc2)CCN(C2CCNC2)C(=O)O1. The van der Waals surface area contributed by atoms with E-state index in [1.54, 1.807) is 13.8 Å². The molecule has 2 aliphatic heterocycles. The smallest absolute Gasteiger partial charge is 0.410 e. The third-order valence-electron chi connectivity index (χ3n) is 4.77. The van der Waals surface area contributed by atoms with E-state index in [-0.39, 0.29) is 12.1 Å². The summed E-state index contributed by atoms with van der Waals surface area (Å²) in [5, 5.41) is 13.6. The van der Waals surface area contributed by atoms with Crippen molar-refractivity contribution in [3.63, 3.8) is 0 Å². The lowest BCUT2D eigenvalue weighted by Crippen LogP contribution is -2.53. The summed E-state index contributed by atoms with van der Waals surface area (Å²) in [4.78, 5) is 14.5. The molecule has 23 heavy (non-hydrogen) atoms. The molecule has 1 aromatic rings. The number of carbonyl (C=O) groups excluding carboxylic acids is 1. The first-order valence-corrected chi connectivity index (χ1v) is 8.38. The first-order valence-electron chi connectivity index (χ1n) is 8.38. The van der Waals surface area contributed by atoms with Gasteiger partial charge in [-0.25, -0.2) is 4.79 Å². The summed E-state index contributed by atoms with van der Waals surface area (Å²) in [6.45, 7) is 5.97. The summed E-state index contributed by atoms with van der Waals surface area (Å²) in [6.07, 6.45) is 1.80. The molecule has 0 spiro atoms. The van der Waals surface area contributed by atoms with Gasteiger partial charge in [0.25, 0.3) is 0 Å². The molecule has 0 saturated carbocycles. The van der Waals surface area contributed by atoms with Crippen LogP contribution in [0.3, 0.4) is 0 Å². The summed E-state index contributed by atoms with van der Waals surface area (Å²) in [7, 11) is 0. The quantitative estimate of drug-likeness (QED) is 0.894. The van der Waals surface area contributed by atoms with Gasteiger partial charge in [0.1, 0.15) is 5.60 Å². The molecule has 0 bridgehead atoms. The van der Waals surface area contributed by atoms with Crippen LogP contribution >= 0.6 is 0 Å². The predicted octanol–water partition coefficient (Wildman–Crippen LogP) is 2.25. The summed E-state index contributed by atoms with van der Waals surface area (Å²) in [6, 6.07) is 10.0. The van der Waals surface area contributed by atoms with Gasteiger partial charge in [-0.2, -0.15) is 0 Å². The van der Waals surface area contributed by atoms with Gasteiger partial charge >= 0.3 is 6.09 Å². The Balaban J connectivity index is 1.85. The van der Waals surface area contributed by atoms with Gasteiger partial charge in [-0.05, 0) is 32.4 Å². The third-order valence-corrected chi connectivity index (χ3v) is 4.77. The van der Waals surface area contributed by atoms with Gasteiger partial charge < -0.3 is 20.1 Å². The maximum atomic E-state index is 12.7. The maximum absolute atomic E-state index is 12.7. The molecular formula is C18H26N2O3. The zero-order valence-corrected chi connectivity index (χ0v) is 13.9. The molecule has 2 unspecified atom stereocenters. The van der Waals surface area contributed by atoms with E-state index in [0.717, 1.165) is 25.1 Å². The Morgan fingerprint density at radius 2 is 2.13 bits per heavy atom. The van der Waals surface area contributed by atoms with Crippen LogP contribution in [0.25, 0.3) is 0 Å². The van der Waals surface area contributed by atoms with Gasteiger partial charge in [-0.3, -0.25) is 0 Å². The van der Waals surface area contributed by atoms with Crippen LogP contribution in [-0.4, -0.2) is 47.4 Å². The molecule has 0 radical (unpaired) electrons.